The van der Waals surface area contributed by atoms with E-state index >= 15 is 0 Å². The zero-order valence-electron chi connectivity index (χ0n) is 15.4. The lowest BCUT2D eigenvalue weighted by Gasteiger charge is -2.13. The van der Waals surface area contributed by atoms with Crippen molar-refractivity contribution in [1.82, 2.24) is 14.5 Å². The first-order valence-corrected chi connectivity index (χ1v) is 9.39. The van der Waals surface area contributed by atoms with E-state index in [0.717, 1.165) is 15.3 Å². The molecule has 2 heterocycles. The highest BCUT2D eigenvalue weighted by molar-refractivity contribution is 7.18. The molecule has 0 unspecified atom stereocenters. The predicted molar refractivity (Wildman–Crippen MR) is 103 cm³/mol. The van der Waals surface area contributed by atoms with Gasteiger partial charge in [0.2, 0.25) is 0 Å². The second-order valence-electron chi connectivity index (χ2n) is 6.53. The molecule has 8 heteroatoms. The van der Waals surface area contributed by atoms with Crippen molar-refractivity contribution in [3.05, 3.63) is 31.3 Å². The molecule has 0 saturated carbocycles. The highest BCUT2D eigenvalue weighted by atomic mass is 32.1. The molecule has 0 amide bonds. The van der Waals surface area contributed by atoms with Crippen LogP contribution in [0.3, 0.4) is 0 Å². The highest BCUT2D eigenvalue weighted by Crippen LogP contribution is 2.27. The lowest BCUT2D eigenvalue weighted by Crippen LogP contribution is -2.41. The van der Waals surface area contributed by atoms with Crippen LogP contribution in [-0.2, 0) is 24.4 Å². The molecule has 0 bridgehead atoms. The van der Waals surface area contributed by atoms with Crippen LogP contribution in [0.2, 0.25) is 0 Å². The second-order valence-corrected chi connectivity index (χ2v) is 7.62. The van der Waals surface area contributed by atoms with Crippen molar-refractivity contribution in [2.24, 2.45) is 11.7 Å². The summed E-state index contributed by atoms with van der Waals surface area (Å²) >= 11 is 1.50. The van der Waals surface area contributed by atoms with Gasteiger partial charge in [-0.15, -0.1) is 11.3 Å². The lowest BCUT2D eigenvalue weighted by molar-refractivity contribution is 0.186. The summed E-state index contributed by atoms with van der Waals surface area (Å²) in [6, 6.07) is 0. The third-order valence-corrected chi connectivity index (χ3v) is 5.38. The first-order valence-electron chi connectivity index (χ1n) is 8.57. The Hall–Kier alpha value is -1.48. The van der Waals surface area contributed by atoms with E-state index in [-0.39, 0.29) is 17.2 Å². The van der Waals surface area contributed by atoms with E-state index in [9.17, 15) is 9.59 Å². The normalized spacial score (nSPS) is 11.8. The molecule has 2 aromatic rings. The van der Waals surface area contributed by atoms with Crippen molar-refractivity contribution < 1.29 is 4.74 Å². The zero-order chi connectivity index (χ0) is 18.6. The largest absolute Gasteiger partial charge is 0.383 e. The van der Waals surface area contributed by atoms with Gasteiger partial charge in [0.15, 0.2) is 0 Å². The number of hydrogen-bond acceptors (Lipinski definition) is 6. The molecule has 25 heavy (non-hydrogen) atoms. The fraction of sp³-hybridized carbons (Fsp3) is 0.647. The molecule has 0 aliphatic carbocycles. The number of thiophene rings is 1. The van der Waals surface area contributed by atoms with Crippen LogP contribution < -0.4 is 22.3 Å². The number of aryl methyl sites for hydroxylation is 1. The number of ether oxygens (including phenoxy) is 1. The Labute approximate surface area is 151 Å². The number of nitrogens with two attached hydrogens (primary N) is 1. The third kappa shape index (κ3) is 4.20. The van der Waals surface area contributed by atoms with Gasteiger partial charge in [0.05, 0.1) is 18.5 Å². The Morgan fingerprint density at radius 3 is 2.60 bits per heavy atom. The van der Waals surface area contributed by atoms with Gasteiger partial charge in [-0.3, -0.25) is 13.9 Å². The maximum Gasteiger partial charge on any atom is 0.332 e. The monoisotopic (exact) mass is 368 g/mol. The zero-order valence-corrected chi connectivity index (χ0v) is 16.2. The molecular formula is C17H28N4O3S. The molecule has 0 aromatic carbocycles. The quantitative estimate of drug-likeness (QED) is 0.641. The Balaban J connectivity index is 2.66. The van der Waals surface area contributed by atoms with Gasteiger partial charge in [0, 0.05) is 38.2 Å². The Morgan fingerprint density at radius 2 is 2.00 bits per heavy atom. The number of fused-ring (bicyclic) bond motifs is 1. The van der Waals surface area contributed by atoms with Crippen LogP contribution in [0.1, 0.15) is 24.3 Å². The lowest BCUT2D eigenvalue weighted by atomic mass is 10.2. The first-order chi connectivity index (χ1) is 11.9. The van der Waals surface area contributed by atoms with Gasteiger partial charge in [-0.2, -0.15) is 0 Å². The predicted octanol–water partition coefficient (Wildman–Crippen LogP) is 0.884. The van der Waals surface area contributed by atoms with Gasteiger partial charge in [0.25, 0.3) is 5.56 Å². The first kappa shape index (κ1) is 19.8. The summed E-state index contributed by atoms with van der Waals surface area (Å²) in [7, 11) is 1.61. The Bertz CT molecular complexity index is 835. The molecule has 0 aliphatic heterocycles. The molecule has 0 atom stereocenters. The van der Waals surface area contributed by atoms with Crippen LogP contribution in [0.25, 0.3) is 10.2 Å². The van der Waals surface area contributed by atoms with Crippen molar-refractivity contribution in [2.75, 3.05) is 26.8 Å². The topological polar surface area (TPSA) is 91.3 Å². The van der Waals surface area contributed by atoms with Crippen molar-refractivity contribution >= 4 is 21.6 Å². The van der Waals surface area contributed by atoms with E-state index in [2.05, 4.69) is 5.32 Å². The minimum Gasteiger partial charge on any atom is -0.383 e. The molecule has 0 aliphatic rings. The summed E-state index contributed by atoms with van der Waals surface area (Å²) in [6.07, 6.45) is 0. The van der Waals surface area contributed by atoms with Gasteiger partial charge in [-0.25, -0.2) is 4.79 Å². The van der Waals surface area contributed by atoms with Crippen LogP contribution in [0.15, 0.2) is 9.59 Å². The van der Waals surface area contributed by atoms with E-state index < -0.39 is 0 Å². The molecule has 3 N–H and O–H groups in total. The summed E-state index contributed by atoms with van der Waals surface area (Å²) in [5.74, 6) is 0.211. The molecular weight excluding hydrogens is 340 g/mol. The van der Waals surface area contributed by atoms with Gasteiger partial charge < -0.3 is 15.8 Å². The average Bonchev–Trinajstić information content (AvgIpc) is 2.88. The van der Waals surface area contributed by atoms with E-state index in [1.54, 1.807) is 11.7 Å². The second kappa shape index (κ2) is 8.75. The summed E-state index contributed by atoms with van der Waals surface area (Å²) in [5.41, 5.74) is 6.01. The van der Waals surface area contributed by atoms with Crippen molar-refractivity contribution in [3.63, 3.8) is 0 Å². The number of nitrogens with zero attached hydrogens (tertiary/aromatic N) is 2. The third-order valence-electron chi connectivity index (χ3n) is 4.07. The fourth-order valence-corrected chi connectivity index (χ4v) is 4.10. The van der Waals surface area contributed by atoms with Crippen LogP contribution in [-0.4, -0.2) is 35.9 Å². The standard InChI is InChI=1S/C17H28N4O3S/c1-11(2)10-21-15(22)14-12(3)13(9-19-6-5-18)25-16(14)20(17(21)23)7-8-24-4/h11,19H,5-10,18H2,1-4H3. The molecule has 0 saturated heterocycles. The molecule has 140 valence electrons. The molecule has 2 rings (SSSR count). The summed E-state index contributed by atoms with van der Waals surface area (Å²) in [6.45, 7) is 9.12. The molecule has 2 aromatic heterocycles. The van der Waals surface area contributed by atoms with Crippen LogP contribution in [0.5, 0.6) is 0 Å². The maximum atomic E-state index is 13.0. The van der Waals surface area contributed by atoms with Gasteiger partial charge in [0.1, 0.15) is 4.83 Å². The van der Waals surface area contributed by atoms with Crippen molar-refractivity contribution in [1.29, 1.82) is 0 Å². The summed E-state index contributed by atoms with van der Waals surface area (Å²) in [4.78, 5) is 27.6. The SMILES string of the molecule is COCCn1c(=O)n(CC(C)C)c(=O)c2c(C)c(CNCCN)sc21. The van der Waals surface area contributed by atoms with Crippen LogP contribution in [0.4, 0.5) is 0 Å². The Kier molecular flexibility index (Phi) is 6.95. The van der Waals surface area contributed by atoms with Crippen LogP contribution >= 0.6 is 11.3 Å². The van der Waals surface area contributed by atoms with Gasteiger partial charge in [-0.1, -0.05) is 13.8 Å². The minimum absolute atomic E-state index is 0.193. The fourth-order valence-electron chi connectivity index (χ4n) is 2.82. The molecule has 0 spiro atoms. The molecule has 7 nitrogen and oxygen atoms in total. The van der Waals surface area contributed by atoms with Crippen molar-refractivity contribution in [3.8, 4) is 0 Å². The number of rotatable bonds is 9. The number of nitrogens with one attached hydrogen (secondary N) is 1. The average molecular weight is 369 g/mol. The Morgan fingerprint density at radius 1 is 1.28 bits per heavy atom. The van der Waals surface area contributed by atoms with E-state index in [0.29, 0.717) is 44.7 Å². The van der Waals surface area contributed by atoms with Gasteiger partial charge >= 0.3 is 5.69 Å². The smallest absolute Gasteiger partial charge is 0.332 e. The minimum atomic E-state index is -0.258. The number of aromatic nitrogens is 2. The summed E-state index contributed by atoms with van der Waals surface area (Å²) in [5, 5.41) is 3.91. The maximum absolute atomic E-state index is 13.0. The number of hydrogen-bond donors (Lipinski definition) is 2. The van der Waals surface area contributed by atoms with E-state index in [1.807, 2.05) is 20.8 Å². The molecule has 0 fully saturated rings. The van der Waals surface area contributed by atoms with E-state index in [4.69, 9.17) is 10.5 Å². The van der Waals surface area contributed by atoms with E-state index in [1.165, 1.54) is 15.9 Å². The van der Waals surface area contributed by atoms with Crippen LogP contribution in [0, 0.1) is 12.8 Å². The highest BCUT2D eigenvalue weighted by Gasteiger charge is 2.20. The summed E-state index contributed by atoms with van der Waals surface area (Å²) < 4.78 is 8.18. The molecule has 0 radical (unpaired) electrons. The number of methoxy groups -OCH3 is 1. The van der Waals surface area contributed by atoms with Gasteiger partial charge in [-0.05, 0) is 18.4 Å². The van der Waals surface area contributed by atoms with Crippen molar-refractivity contribution in [2.45, 2.75) is 40.4 Å².